The van der Waals surface area contributed by atoms with Crippen molar-refractivity contribution in [3.05, 3.63) is 69.6 Å². The smallest absolute Gasteiger partial charge is 0.339 e. The lowest BCUT2D eigenvalue weighted by atomic mass is 9.85. The summed E-state index contributed by atoms with van der Waals surface area (Å²) < 4.78 is 41.3. The predicted molar refractivity (Wildman–Crippen MR) is 177 cm³/mol. The van der Waals surface area contributed by atoms with Gasteiger partial charge in [-0.15, -0.1) is 11.3 Å². The molecule has 1 aliphatic rings. The van der Waals surface area contributed by atoms with Crippen molar-refractivity contribution in [2.45, 2.75) is 51.4 Å². The Morgan fingerprint density at radius 3 is 2.43 bits per heavy atom. The second-order valence-corrected chi connectivity index (χ2v) is 16.6. The number of nitrogens with zero attached hydrogens (tertiary/aromatic N) is 2. The lowest BCUT2D eigenvalue weighted by Crippen LogP contribution is -2.57. The monoisotopic (exact) mass is 754 g/mol. The van der Waals surface area contributed by atoms with Crippen LogP contribution in [0.2, 0.25) is 0 Å². The number of alkyl halides is 2. The van der Waals surface area contributed by atoms with Crippen LogP contribution in [0.5, 0.6) is 0 Å². The van der Waals surface area contributed by atoms with E-state index in [1.54, 1.807) is 27.0 Å². The first-order valence-electron chi connectivity index (χ1n) is 14.1. The van der Waals surface area contributed by atoms with Gasteiger partial charge in [-0.2, -0.15) is 8.78 Å². The predicted octanol–water partition coefficient (Wildman–Crippen LogP) is 6.79. The number of fused-ring (bicyclic) bond motifs is 1. The molecule has 0 radical (unpaired) electrons. The number of halogens is 3. The van der Waals surface area contributed by atoms with E-state index < -0.39 is 48.1 Å². The Hall–Kier alpha value is -3.07. The molecule has 1 saturated heterocycles. The van der Waals surface area contributed by atoms with Gasteiger partial charge in [-0.05, 0) is 59.5 Å². The minimum absolute atomic E-state index is 0.120. The molecule has 0 unspecified atom stereocenters. The molecule has 0 bridgehead atoms. The van der Waals surface area contributed by atoms with E-state index in [1.807, 2.05) is 24.3 Å². The number of anilines is 1. The maximum atomic E-state index is 14.3. The zero-order valence-corrected chi connectivity index (χ0v) is 28.9. The first kappa shape index (κ1) is 34.3. The van der Waals surface area contributed by atoms with Crippen molar-refractivity contribution in [3.8, 4) is 10.4 Å². The van der Waals surface area contributed by atoms with Crippen LogP contribution in [0.1, 0.15) is 48.8 Å². The Kier molecular flexibility index (Phi) is 9.57. The molecule has 2 aromatic carbocycles. The van der Waals surface area contributed by atoms with Crippen LogP contribution >= 0.6 is 46.2 Å². The topological polar surface area (TPSA) is 149 Å². The number of amides is 3. The van der Waals surface area contributed by atoms with Gasteiger partial charge in [0.25, 0.3) is 5.91 Å². The van der Waals surface area contributed by atoms with Gasteiger partial charge >= 0.3 is 13.3 Å². The largest absolute Gasteiger partial charge is 0.399 e. The van der Waals surface area contributed by atoms with Gasteiger partial charge in [-0.3, -0.25) is 18.9 Å². The van der Waals surface area contributed by atoms with Crippen LogP contribution in [-0.2, 0) is 19.8 Å². The van der Waals surface area contributed by atoms with Crippen molar-refractivity contribution < 1.29 is 37.5 Å². The van der Waals surface area contributed by atoms with E-state index >= 15 is 0 Å². The highest BCUT2D eigenvalue weighted by molar-refractivity contribution is 9.10. The van der Waals surface area contributed by atoms with Gasteiger partial charge in [-0.1, -0.05) is 66.2 Å². The number of nitrogens with one attached hydrogen (secondary N) is 2. The average Bonchev–Trinajstić information content (AvgIpc) is 3.74. The van der Waals surface area contributed by atoms with E-state index in [0.29, 0.717) is 29.2 Å². The normalized spacial score (nSPS) is 16.4. The van der Waals surface area contributed by atoms with E-state index in [1.165, 1.54) is 28.4 Å². The summed E-state index contributed by atoms with van der Waals surface area (Å²) in [4.78, 5) is 65.7. The van der Waals surface area contributed by atoms with E-state index in [9.17, 15) is 27.7 Å². The molecule has 2 aromatic heterocycles. The number of hydrogen-bond acceptors (Lipinski definition) is 7. The zero-order valence-electron chi connectivity index (χ0n) is 24.8. The third kappa shape index (κ3) is 7.09. The Morgan fingerprint density at radius 1 is 1.09 bits per heavy atom. The van der Waals surface area contributed by atoms with Gasteiger partial charge in [0.15, 0.2) is 5.13 Å². The first-order chi connectivity index (χ1) is 21.5. The van der Waals surface area contributed by atoms with Crippen LogP contribution in [0.15, 0.2) is 59.2 Å². The maximum absolute atomic E-state index is 14.3. The number of aromatic nitrogens is 1. The number of thiazole rings is 1. The molecule has 0 aliphatic carbocycles. The van der Waals surface area contributed by atoms with Crippen molar-refractivity contribution >= 4 is 79.1 Å². The summed E-state index contributed by atoms with van der Waals surface area (Å²) in [6.07, 6.45) is 2.70. The molecule has 10 nitrogen and oxygen atoms in total. The van der Waals surface area contributed by atoms with E-state index in [4.69, 9.17) is 9.79 Å². The van der Waals surface area contributed by atoms with E-state index in [0.717, 1.165) is 38.4 Å². The highest BCUT2D eigenvalue weighted by atomic mass is 79.9. The van der Waals surface area contributed by atoms with Crippen molar-refractivity contribution in [1.29, 1.82) is 0 Å². The fourth-order valence-corrected chi connectivity index (χ4v) is 7.61. The third-order valence-electron chi connectivity index (χ3n) is 7.54. The number of carbonyl (C=O) groups excluding carboxylic acids is 3. The van der Waals surface area contributed by atoms with Crippen molar-refractivity contribution in [2.24, 2.45) is 5.41 Å². The summed E-state index contributed by atoms with van der Waals surface area (Å²) in [5, 5.41) is 6.20. The van der Waals surface area contributed by atoms with Crippen LogP contribution in [0.25, 0.3) is 20.5 Å². The number of carbonyl (C=O) groups is 3. The lowest BCUT2D eigenvalue weighted by Gasteiger charge is -2.35. The van der Waals surface area contributed by atoms with Crippen LogP contribution in [-0.4, -0.2) is 56.0 Å². The molecule has 5 rings (SSSR count). The van der Waals surface area contributed by atoms with E-state index in [2.05, 4.69) is 31.5 Å². The molecule has 244 valence electrons. The second-order valence-electron chi connectivity index (χ2n) is 11.9. The molecular weight excluding hydrogens is 725 g/mol. The SMILES string of the molecule is CC(C)(C)[C@H](NC(=O)c1cc2cc(C(F)(F)P(=O)(O)O)ccc2s1)C(=O)N1CCC[C@H]1C(=O)Nc1ncc(-c2ccc(Br)cc2)s1. The van der Waals surface area contributed by atoms with Gasteiger partial charge in [0.2, 0.25) is 11.8 Å². The van der Waals surface area contributed by atoms with Crippen molar-refractivity contribution in [3.63, 3.8) is 0 Å². The summed E-state index contributed by atoms with van der Waals surface area (Å²) in [7, 11) is -5.77. The summed E-state index contributed by atoms with van der Waals surface area (Å²) in [6.45, 7) is 5.66. The van der Waals surface area contributed by atoms with E-state index in [-0.39, 0.29) is 16.2 Å². The maximum Gasteiger partial charge on any atom is 0.399 e. The van der Waals surface area contributed by atoms with Crippen LogP contribution in [0.3, 0.4) is 0 Å². The average molecular weight is 756 g/mol. The molecular formula is C30H30BrF2N4O6PS2. The summed E-state index contributed by atoms with van der Waals surface area (Å²) >= 11 is 5.71. The third-order valence-corrected chi connectivity index (χ3v) is 11.1. The molecule has 4 N–H and O–H groups in total. The Bertz CT molecular complexity index is 1850. The molecule has 3 amide bonds. The van der Waals surface area contributed by atoms with Gasteiger partial charge in [0, 0.05) is 27.5 Å². The molecule has 46 heavy (non-hydrogen) atoms. The summed E-state index contributed by atoms with van der Waals surface area (Å²) in [5.74, 6) is -1.44. The summed E-state index contributed by atoms with van der Waals surface area (Å²) in [5.41, 5.74) is -5.09. The number of thiophene rings is 1. The fraction of sp³-hybridized carbons (Fsp3) is 0.333. The Balaban J connectivity index is 1.31. The van der Waals surface area contributed by atoms with Crippen molar-refractivity contribution in [1.82, 2.24) is 15.2 Å². The van der Waals surface area contributed by atoms with Gasteiger partial charge in [0.05, 0.1) is 9.75 Å². The number of benzene rings is 2. The highest BCUT2D eigenvalue weighted by Crippen LogP contribution is 2.59. The standard InChI is InChI=1S/C30H30BrF2N4O6PS2/c1-29(2,3)24(35-26(39)22-14-17-13-18(8-11-21(17)45-22)30(32,33)44(41,42)43)27(40)37-12-4-5-20(37)25(38)36-28-34-15-23(46-28)16-6-9-19(31)10-7-16/h6-11,13-15,20,24H,4-5,12H2,1-3H3,(H,35,39)(H,34,36,38)(H2,41,42,43)/t20-,24+/m0/s1. The molecule has 3 heterocycles. The molecule has 1 aliphatic heterocycles. The minimum atomic E-state index is -5.77. The quantitative estimate of drug-likeness (QED) is 0.145. The highest BCUT2D eigenvalue weighted by Gasteiger charge is 2.50. The molecule has 16 heteroatoms. The second kappa shape index (κ2) is 12.9. The molecule has 0 spiro atoms. The summed E-state index contributed by atoms with van der Waals surface area (Å²) in [6, 6.07) is 10.3. The Labute approximate surface area is 279 Å². The Morgan fingerprint density at radius 2 is 1.78 bits per heavy atom. The molecule has 0 saturated carbocycles. The van der Waals surface area contributed by atoms with Crippen LogP contribution < -0.4 is 10.6 Å². The first-order valence-corrected chi connectivity index (χ1v) is 18.1. The van der Waals surface area contributed by atoms with Gasteiger partial charge in [0.1, 0.15) is 12.1 Å². The number of likely N-dealkylation sites (tertiary alicyclic amines) is 1. The molecule has 1 fully saturated rings. The van der Waals surface area contributed by atoms with Gasteiger partial charge in [-0.25, -0.2) is 4.98 Å². The number of rotatable bonds is 8. The van der Waals surface area contributed by atoms with Crippen molar-refractivity contribution in [2.75, 3.05) is 11.9 Å². The molecule has 4 aromatic rings. The van der Waals surface area contributed by atoms with Gasteiger partial charge < -0.3 is 25.3 Å². The lowest BCUT2D eigenvalue weighted by molar-refractivity contribution is -0.140. The molecule has 2 atom stereocenters. The fourth-order valence-electron chi connectivity index (χ4n) is 5.10. The minimum Gasteiger partial charge on any atom is -0.339 e. The number of hydrogen-bond donors (Lipinski definition) is 4. The zero-order chi connectivity index (χ0) is 33.6. The van der Waals surface area contributed by atoms with Crippen LogP contribution in [0, 0.1) is 5.41 Å². The van der Waals surface area contributed by atoms with Crippen LogP contribution in [0.4, 0.5) is 13.9 Å².